The van der Waals surface area contributed by atoms with Crippen molar-refractivity contribution in [2.45, 2.75) is 0 Å². The highest BCUT2D eigenvalue weighted by Crippen LogP contribution is 2.42. The Balaban J connectivity index is 2.72. The van der Waals surface area contributed by atoms with E-state index in [1.54, 1.807) is 0 Å². The molecule has 0 saturated carbocycles. The van der Waals surface area contributed by atoms with Crippen LogP contribution < -0.4 is 0 Å². The predicted octanol–water partition coefficient (Wildman–Crippen LogP) is 4.95. The number of rotatable bonds is 1. The van der Waals surface area contributed by atoms with Gasteiger partial charge in [0.2, 0.25) is 0 Å². The standard InChI is InChI=1S/C10H4Br3F2NO/c11-6-7(12)10(13)16-8(6)4-1-3(14)2-5(15)9(4)17/h1-2,16-17H. The van der Waals surface area contributed by atoms with Crippen LogP contribution in [0.4, 0.5) is 8.78 Å². The Labute approximate surface area is 120 Å². The topological polar surface area (TPSA) is 36.0 Å². The van der Waals surface area contributed by atoms with Gasteiger partial charge in [-0.3, -0.25) is 0 Å². The first-order chi connectivity index (χ1) is 7.91. The number of benzene rings is 1. The van der Waals surface area contributed by atoms with E-state index >= 15 is 0 Å². The summed E-state index contributed by atoms with van der Waals surface area (Å²) in [6.07, 6.45) is 0. The zero-order chi connectivity index (χ0) is 12.7. The van der Waals surface area contributed by atoms with Crippen LogP contribution in [0.1, 0.15) is 0 Å². The van der Waals surface area contributed by atoms with Gasteiger partial charge in [0.25, 0.3) is 0 Å². The van der Waals surface area contributed by atoms with E-state index in [2.05, 4.69) is 52.8 Å². The molecule has 7 heteroatoms. The van der Waals surface area contributed by atoms with E-state index in [1.165, 1.54) is 0 Å². The minimum absolute atomic E-state index is 0.0424. The van der Waals surface area contributed by atoms with Gasteiger partial charge in [-0.2, -0.15) is 0 Å². The van der Waals surface area contributed by atoms with Crippen molar-refractivity contribution in [3.63, 3.8) is 0 Å². The smallest absolute Gasteiger partial charge is 0.168 e. The Hall–Kier alpha value is -0.400. The lowest BCUT2D eigenvalue weighted by atomic mass is 10.1. The molecule has 2 N–H and O–H groups in total. The number of hydrogen-bond acceptors (Lipinski definition) is 1. The molecule has 0 unspecified atom stereocenters. The van der Waals surface area contributed by atoms with Crippen molar-refractivity contribution in [1.82, 2.24) is 4.98 Å². The summed E-state index contributed by atoms with van der Waals surface area (Å²) < 4.78 is 28.2. The number of phenols is 1. The van der Waals surface area contributed by atoms with Crippen molar-refractivity contribution in [2.24, 2.45) is 0 Å². The Kier molecular flexibility index (Phi) is 3.61. The molecule has 1 heterocycles. The molecular weight excluding hydrogens is 428 g/mol. The van der Waals surface area contributed by atoms with E-state index in [0.29, 0.717) is 25.3 Å². The number of hydrogen-bond donors (Lipinski definition) is 2. The van der Waals surface area contributed by atoms with Crippen LogP contribution in [0, 0.1) is 11.6 Å². The molecule has 0 fully saturated rings. The lowest BCUT2D eigenvalue weighted by Gasteiger charge is -2.05. The van der Waals surface area contributed by atoms with Crippen LogP contribution in [0.2, 0.25) is 0 Å². The maximum atomic E-state index is 13.2. The van der Waals surface area contributed by atoms with Gasteiger partial charge in [-0.05, 0) is 53.9 Å². The molecule has 0 amide bonds. The van der Waals surface area contributed by atoms with Crippen molar-refractivity contribution < 1.29 is 13.9 Å². The second kappa shape index (κ2) is 4.70. The Morgan fingerprint density at radius 3 is 2.24 bits per heavy atom. The normalized spacial score (nSPS) is 10.9. The molecule has 0 aliphatic heterocycles. The number of aromatic nitrogens is 1. The zero-order valence-corrected chi connectivity index (χ0v) is 12.7. The van der Waals surface area contributed by atoms with E-state index < -0.39 is 17.4 Å². The Bertz CT molecular complexity index is 598. The molecule has 0 saturated heterocycles. The largest absolute Gasteiger partial charge is 0.504 e. The van der Waals surface area contributed by atoms with Crippen molar-refractivity contribution in [2.75, 3.05) is 0 Å². The number of H-pyrrole nitrogens is 1. The first kappa shape index (κ1) is 13.0. The van der Waals surface area contributed by atoms with Gasteiger partial charge in [0.05, 0.1) is 19.2 Å². The highest BCUT2D eigenvalue weighted by atomic mass is 79.9. The summed E-state index contributed by atoms with van der Waals surface area (Å²) >= 11 is 9.75. The Morgan fingerprint density at radius 2 is 1.71 bits per heavy atom. The molecule has 0 aliphatic rings. The molecule has 0 aliphatic carbocycles. The van der Waals surface area contributed by atoms with E-state index in [-0.39, 0.29) is 5.56 Å². The van der Waals surface area contributed by atoms with Gasteiger partial charge in [0.15, 0.2) is 11.6 Å². The number of halogens is 5. The fourth-order valence-electron chi connectivity index (χ4n) is 1.37. The number of phenolic OH excluding ortho intramolecular Hbond substituents is 1. The average Bonchev–Trinajstić information content (AvgIpc) is 2.51. The van der Waals surface area contributed by atoms with Crippen molar-refractivity contribution in [1.29, 1.82) is 0 Å². The summed E-state index contributed by atoms with van der Waals surface area (Å²) in [5.74, 6) is -2.37. The van der Waals surface area contributed by atoms with E-state index in [9.17, 15) is 13.9 Å². The molecule has 1 aromatic heterocycles. The molecule has 0 spiro atoms. The molecule has 2 nitrogen and oxygen atoms in total. The molecule has 17 heavy (non-hydrogen) atoms. The number of aromatic amines is 1. The van der Waals surface area contributed by atoms with Gasteiger partial charge in [-0.15, -0.1) is 0 Å². The van der Waals surface area contributed by atoms with Gasteiger partial charge in [0, 0.05) is 11.6 Å². The molecule has 2 aromatic rings. The third-order valence-corrected chi connectivity index (χ3v) is 5.38. The molecule has 0 atom stereocenters. The molecule has 0 radical (unpaired) electrons. The lowest BCUT2D eigenvalue weighted by molar-refractivity contribution is 0.430. The van der Waals surface area contributed by atoms with E-state index in [1.807, 2.05) is 0 Å². The van der Waals surface area contributed by atoms with Crippen LogP contribution >= 0.6 is 47.8 Å². The minimum atomic E-state index is -1.01. The van der Waals surface area contributed by atoms with Crippen LogP contribution in [0.25, 0.3) is 11.3 Å². The second-order valence-electron chi connectivity index (χ2n) is 3.23. The SMILES string of the molecule is Oc1c(F)cc(F)cc1-c1[nH]c(Br)c(Br)c1Br. The van der Waals surface area contributed by atoms with Gasteiger partial charge >= 0.3 is 0 Å². The third-order valence-electron chi connectivity index (χ3n) is 2.14. The second-order valence-corrected chi connectivity index (χ2v) is 5.60. The van der Waals surface area contributed by atoms with Crippen molar-refractivity contribution >= 4 is 47.8 Å². The van der Waals surface area contributed by atoms with Crippen LogP contribution in [0.15, 0.2) is 25.7 Å². The summed E-state index contributed by atoms with van der Waals surface area (Å²) in [4.78, 5) is 2.85. The highest BCUT2D eigenvalue weighted by Gasteiger charge is 2.19. The van der Waals surface area contributed by atoms with E-state index in [4.69, 9.17) is 0 Å². The zero-order valence-electron chi connectivity index (χ0n) is 7.99. The summed E-state index contributed by atoms with van der Waals surface area (Å²) in [7, 11) is 0. The maximum absolute atomic E-state index is 13.2. The molecule has 90 valence electrons. The van der Waals surface area contributed by atoms with Crippen molar-refractivity contribution in [3.05, 3.63) is 37.3 Å². The fourth-order valence-corrected chi connectivity index (χ4v) is 2.84. The highest BCUT2D eigenvalue weighted by molar-refractivity contribution is 9.14. The predicted molar refractivity (Wildman–Crippen MR) is 70.9 cm³/mol. The summed E-state index contributed by atoms with van der Waals surface area (Å²) in [6.45, 7) is 0. The lowest BCUT2D eigenvalue weighted by Crippen LogP contribution is -1.87. The van der Waals surface area contributed by atoms with Gasteiger partial charge in [-0.25, -0.2) is 8.78 Å². The first-order valence-corrected chi connectivity index (χ1v) is 6.70. The first-order valence-electron chi connectivity index (χ1n) is 4.32. The van der Waals surface area contributed by atoms with Gasteiger partial charge < -0.3 is 10.1 Å². The van der Waals surface area contributed by atoms with Crippen LogP contribution in [0.3, 0.4) is 0 Å². The monoisotopic (exact) mass is 429 g/mol. The van der Waals surface area contributed by atoms with E-state index in [0.717, 1.165) is 6.07 Å². The fraction of sp³-hybridized carbons (Fsp3) is 0. The van der Waals surface area contributed by atoms with Gasteiger partial charge in [0.1, 0.15) is 5.82 Å². The summed E-state index contributed by atoms with van der Waals surface area (Å²) in [5.41, 5.74) is 0.417. The van der Waals surface area contributed by atoms with Gasteiger partial charge in [-0.1, -0.05) is 0 Å². The maximum Gasteiger partial charge on any atom is 0.168 e. The Morgan fingerprint density at radius 1 is 1.06 bits per heavy atom. The molecule has 2 rings (SSSR count). The number of nitrogens with one attached hydrogen (secondary N) is 1. The molecule has 0 bridgehead atoms. The molecular formula is C10H4Br3F2NO. The third kappa shape index (κ3) is 2.28. The average molecular weight is 432 g/mol. The van der Waals surface area contributed by atoms with Crippen LogP contribution in [0.5, 0.6) is 5.75 Å². The summed E-state index contributed by atoms with van der Waals surface area (Å²) in [5, 5.41) is 9.59. The summed E-state index contributed by atoms with van der Waals surface area (Å²) in [6, 6.07) is 1.67. The van der Waals surface area contributed by atoms with Crippen LogP contribution in [-0.4, -0.2) is 10.1 Å². The van der Waals surface area contributed by atoms with Crippen LogP contribution in [-0.2, 0) is 0 Å². The quantitative estimate of drug-likeness (QED) is 0.658. The molecule has 1 aromatic carbocycles. The number of aromatic hydroxyl groups is 1. The minimum Gasteiger partial charge on any atom is -0.504 e. The van der Waals surface area contributed by atoms with Crippen molar-refractivity contribution in [3.8, 4) is 17.0 Å².